The summed E-state index contributed by atoms with van der Waals surface area (Å²) in [6.45, 7) is 0. The summed E-state index contributed by atoms with van der Waals surface area (Å²) in [5, 5.41) is 9.97. The van der Waals surface area contributed by atoms with Crippen LogP contribution in [0, 0.1) is 0 Å². The van der Waals surface area contributed by atoms with Crippen molar-refractivity contribution in [2.24, 2.45) is 0 Å². The Balaban J connectivity index is 1.41. The highest BCUT2D eigenvalue weighted by molar-refractivity contribution is 7.13. The van der Waals surface area contributed by atoms with Crippen LogP contribution < -0.4 is 4.74 Å². The average molecular weight is 354 g/mol. The van der Waals surface area contributed by atoms with Crippen molar-refractivity contribution in [2.45, 2.75) is 12.8 Å². The van der Waals surface area contributed by atoms with Crippen molar-refractivity contribution >= 4 is 11.3 Å². The minimum Gasteiger partial charge on any atom is -0.497 e. The smallest absolute Gasteiger partial charge is 0.227 e. The quantitative estimate of drug-likeness (QED) is 0.522. The van der Waals surface area contributed by atoms with Crippen LogP contribution in [-0.4, -0.2) is 27.4 Å². The van der Waals surface area contributed by atoms with Gasteiger partial charge in [0.25, 0.3) is 0 Å². The maximum absolute atomic E-state index is 5.30. The molecule has 8 heteroatoms. The zero-order chi connectivity index (χ0) is 17.1. The van der Waals surface area contributed by atoms with Crippen LogP contribution in [0.1, 0.15) is 11.8 Å². The van der Waals surface area contributed by atoms with Gasteiger partial charge in [0, 0.05) is 18.4 Å². The Labute approximate surface area is 147 Å². The molecule has 0 fully saturated rings. The molecule has 0 N–H and O–H groups in total. The first-order chi connectivity index (χ1) is 12.3. The van der Waals surface area contributed by atoms with E-state index < -0.39 is 0 Å². The first-order valence-electron chi connectivity index (χ1n) is 7.65. The fourth-order valence-corrected chi connectivity index (χ4v) is 2.94. The molecule has 0 aliphatic carbocycles. The lowest BCUT2D eigenvalue weighted by atomic mass is 10.2. The van der Waals surface area contributed by atoms with Crippen LogP contribution >= 0.6 is 11.3 Å². The maximum atomic E-state index is 5.30. The Morgan fingerprint density at radius 2 is 1.60 bits per heavy atom. The van der Waals surface area contributed by atoms with Crippen molar-refractivity contribution in [2.75, 3.05) is 7.11 Å². The summed E-state index contributed by atoms with van der Waals surface area (Å²) in [7, 11) is 1.63. The molecule has 0 amide bonds. The Morgan fingerprint density at radius 1 is 0.920 bits per heavy atom. The number of benzene rings is 1. The second kappa shape index (κ2) is 6.86. The number of aromatic nitrogens is 4. The molecule has 4 rings (SSSR count). The topological polar surface area (TPSA) is 87.1 Å². The Morgan fingerprint density at radius 3 is 2.24 bits per heavy atom. The molecule has 126 valence electrons. The molecule has 0 saturated heterocycles. The molecule has 25 heavy (non-hydrogen) atoms. The van der Waals surface area contributed by atoms with Crippen molar-refractivity contribution < 1.29 is 13.8 Å². The number of hydrogen-bond donors (Lipinski definition) is 0. The number of nitrogens with zero attached hydrogens (tertiary/aromatic N) is 4. The number of hydrogen-bond acceptors (Lipinski definition) is 8. The van der Waals surface area contributed by atoms with Crippen LogP contribution in [0.3, 0.4) is 0 Å². The highest BCUT2D eigenvalue weighted by atomic mass is 32.1. The predicted molar refractivity (Wildman–Crippen MR) is 91.3 cm³/mol. The van der Waals surface area contributed by atoms with Gasteiger partial charge in [0.2, 0.25) is 23.4 Å². The molecular weight excluding hydrogens is 340 g/mol. The van der Waals surface area contributed by atoms with Gasteiger partial charge in [-0.3, -0.25) is 0 Å². The Kier molecular flexibility index (Phi) is 4.26. The Bertz CT molecular complexity index is 945. The molecule has 0 unspecified atom stereocenters. The summed E-state index contributed by atoms with van der Waals surface area (Å²) < 4.78 is 15.7. The van der Waals surface area contributed by atoms with E-state index in [0.29, 0.717) is 36.3 Å². The fourth-order valence-electron chi connectivity index (χ4n) is 2.29. The number of ether oxygens (including phenoxy) is 1. The third-order valence-electron chi connectivity index (χ3n) is 3.58. The lowest BCUT2D eigenvalue weighted by Crippen LogP contribution is -1.92. The van der Waals surface area contributed by atoms with E-state index >= 15 is 0 Å². The second-order valence-electron chi connectivity index (χ2n) is 5.23. The highest BCUT2D eigenvalue weighted by Crippen LogP contribution is 2.22. The highest BCUT2D eigenvalue weighted by Gasteiger charge is 2.13. The molecule has 1 aromatic carbocycles. The van der Waals surface area contributed by atoms with Crippen molar-refractivity contribution in [3.63, 3.8) is 0 Å². The molecule has 0 atom stereocenters. The minimum atomic E-state index is 0.529. The maximum Gasteiger partial charge on any atom is 0.227 e. The minimum absolute atomic E-state index is 0.529. The van der Waals surface area contributed by atoms with Crippen LogP contribution in [0.2, 0.25) is 0 Å². The van der Waals surface area contributed by atoms with E-state index in [2.05, 4.69) is 20.3 Å². The number of thiophene rings is 1. The van der Waals surface area contributed by atoms with Crippen molar-refractivity contribution in [1.82, 2.24) is 20.3 Å². The monoisotopic (exact) mass is 354 g/mol. The summed E-state index contributed by atoms with van der Waals surface area (Å²) in [4.78, 5) is 9.76. The van der Waals surface area contributed by atoms with Gasteiger partial charge in [0.1, 0.15) is 5.75 Å². The van der Waals surface area contributed by atoms with E-state index in [-0.39, 0.29) is 0 Å². The van der Waals surface area contributed by atoms with E-state index in [1.54, 1.807) is 18.4 Å². The molecule has 7 nitrogen and oxygen atoms in total. The molecule has 3 aromatic heterocycles. The molecule has 0 aliphatic heterocycles. The van der Waals surface area contributed by atoms with E-state index in [0.717, 1.165) is 16.2 Å². The van der Waals surface area contributed by atoms with Crippen molar-refractivity contribution in [3.05, 3.63) is 53.6 Å². The van der Waals surface area contributed by atoms with E-state index in [9.17, 15) is 0 Å². The van der Waals surface area contributed by atoms with Crippen LogP contribution in [0.5, 0.6) is 5.75 Å². The molecule has 0 spiro atoms. The first kappa shape index (κ1) is 15.5. The Hall–Kier alpha value is -3.00. The van der Waals surface area contributed by atoms with Crippen LogP contribution in [0.15, 0.2) is 50.8 Å². The largest absolute Gasteiger partial charge is 0.497 e. The lowest BCUT2D eigenvalue weighted by molar-refractivity contribution is 0.354. The standard InChI is InChI=1S/C17H14N4O3S/c1-22-12-6-4-11(5-7-12)16-18-14(23-20-16)8-9-15-19-17(21-24-15)13-3-2-10-25-13/h2-7,10H,8-9H2,1H3. The third kappa shape index (κ3) is 3.43. The molecule has 0 saturated carbocycles. The molecule has 0 radical (unpaired) electrons. The first-order valence-corrected chi connectivity index (χ1v) is 8.53. The van der Waals surface area contributed by atoms with Crippen molar-refractivity contribution in [3.8, 4) is 27.8 Å². The van der Waals surface area contributed by atoms with Gasteiger partial charge in [-0.25, -0.2) is 0 Å². The van der Waals surface area contributed by atoms with E-state index in [1.165, 1.54) is 0 Å². The SMILES string of the molecule is COc1ccc(-c2noc(CCc3nc(-c4cccs4)no3)n2)cc1. The summed E-state index contributed by atoms with van der Waals surface area (Å²) in [6.07, 6.45) is 1.08. The molecule has 4 aromatic rings. The van der Waals surface area contributed by atoms with Crippen molar-refractivity contribution in [1.29, 1.82) is 0 Å². The molecule has 0 aliphatic rings. The summed E-state index contributed by atoms with van der Waals surface area (Å²) in [5.74, 6) is 3.01. The van der Waals surface area contributed by atoms with E-state index in [4.69, 9.17) is 13.8 Å². The normalized spacial score (nSPS) is 10.9. The van der Waals surface area contributed by atoms with E-state index in [1.807, 2.05) is 41.8 Å². The number of rotatable bonds is 6. The molecule has 3 heterocycles. The molecular formula is C17H14N4O3S. The van der Waals surface area contributed by atoms with Gasteiger partial charge in [-0.2, -0.15) is 9.97 Å². The number of aryl methyl sites for hydroxylation is 2. The molecule has 0 bridgehead atoms. The predicted octanol–water partition coefficient (Wildman–Crippen LogP) is 3.64. The summed E-state index contributed by atoms with van der Waals surface area (Å²) in [5.41, 5.74) is 0.869. The van der Waals surface area contributed by atoms with Gasteiger partial charge >= 0.3 is 0 Å². The van der Waals surface area contributed by atoms with Crippen LogP contribution in [0.25, 0.3) is 22.1 Å². The van der Waals surface area contributed by atoms with Gasteiger partial charge in [-0.15, -0.1) is 11.3 Å². The summed E-state index contributed by atoms with van der Waals surface area (Å²) >= 11 is 1.57. The third-order valence-corrected chi connectivity index (χ3v) is 4.44. The summed E-state index contributed by atoms with van der Waals surface area (Å²) in [6, 6.07) is 11.4. The fraction of sp³-hybridized carbons (Fsp3) is 0.176. The van der Waals surface area contributed by atoms with Gasteiger partial charge in [-0.05, 0) is 35.7 Å². The zero-order valence-corrected chi connectivity index (χ0v) is 14.2. The zero-order valence-electron chi connectivity index (χ0n) is 13.4. The average Bonchev–Trinajstić information content (AvgIpc) is 3.41. The van der Waals surface area contributed by atoms with Crippen LogP contribution in [0.4, 0.5) is 0 Å². The second-order valence-corrected chi connectivity index (χ2v) is 6.18. The van der Waals surface area contributed by atoms with Gasteiger partial charge in [-0.1, -0.05) is 16.4 Å². The van der Waals surface area contributed by atoms with Gasteiger partial charge in [0.05, 0.1) is 12.0 Å². The van der Waals surface area contributed by atoms with Crippen LogP contribution in [-0.2, 0) is 12.8 Å². The lowest BCUT2D eigenvalue weighted by Gasteiger charge is -1.98. The van der Waals surface area contributed by atoms with Gasteiger partial charge in [0.15, 0.2) is 0 Å². The van der Waals surface area contributed by atoms with Gasteiger partial charge < -0.3 is 13.8 Å². The number of methoxy groups -OCH3 is 1.